The van der Waals surface area contributed by atoms with E-state index in [2.05, 4.69) is 26.0 Å². The van der Waals surface area contributed by atoms with Crippen molar-refractivity contribution >= 4 is 0 Å². The predicted molar refractivity (Wildman–Crippen MR) is 30.8 cm³/mol. The van der Waals surface area contributed by atoms with Crippen molar-refractivity contribution in [2.75, 3.05) is 0 Å². The van der Waals surface area contributed by atoms with E-state index in [-0.39, 0.29) is 50.7 Å². The van der Waals surface area contributed by atoms with Crippen LogP contribution >= 0.6 is 0 Å². The zero-order valence-electron chi connectivity index (χ0n) is 6.04. The summed E-state index contributed by atoms with van der Waals surface area (Å²) in [6.07, 6.45) is 6.41. The molecule has 0 aromatic heterocycles. The van der Waals surface area contributed by atoms with E-state index >= 15 is 0 Å². The van der Waals surface area contributed by atoms with E-state index in [0.29, 0.717) is 0 Å². The third kappa shape index (κ3) is 4.70. The fraction of sp³-hybridized carbons (Fsp3) is 0.429. The summed E-state index contributed by atoms with van der Waals surface area (Å²) < 4.78 is 0. The molecule has 0 aliphatic heterocycles. The van der Waals surface area contributed by atoms with E-state index in [0.717, 1.165) is 6.42 Å². The Morgan fingerprint density at radius 2 is 1.80 bits per heavy atom. The molecule has 0 fully saturated rings. The van der Waals surface area contributed by atoms with Gasteiger partial charge in [0.15, 0.2) is 0 Å². The van der Waals surface area contributed by atoms with Gasteiger partial charge in [-0.3, -0.25) is 6.08 Å². The van der Waals surface area contributed by atoms with Crippen LogP contribution in [0, 0.1) is 6.08 Å². The Balaban J connectivity index is -0.000000163. The van der Waals surface area contributed by atoms with E-state index in [1.54, 1.807) is 0 Å². The zero-order valence-corrected chi connectivity index (χ0v) is 11.1. The van der Waals surface area contributed by atoms with Crippen LogP contribution in [-0.2, 0) is 25.8 Å². The number of hydrogen-bond acceptors (Lipinski definition) is 0. The summed E-state index contributed by atoms with van der Waals surface area (Å²) in [5.41, 5.74) is 2.71. The van der Waals surface area contributed by atoms with Crippen LogP contribution in [0.15, 0.2) is 17.2 Å². The summed E-state index contributed by atoms with van der Waals surface area (Å²) in [5.74, 6) is 0. The number of rotatable bonds is 0. The van der Waals surface area contributed by atoms with Crippen molar-refractivity contribution in [1.82, 2.24) is 0 Å². The Bertz CT molecular complexity index is 123. The average molecular weight is 343 g/mol. The Morgan fingerprint density at radius 3 is 1.90 bits per heavy atom. The molecule has 0 bridgehead atoms. The van der Waals surface area contributed by atoms with Crippen molar-refractivity contribution < 1.29 is 50.7 Å². The second-order valence-corrected chi connectivity index (χ2v) is 1.89. The Morgan fingerprint density at radius 1 is 1.30 bits per heavy atom. The first-order valence-electron chi connectivity index (χ1n) is 2.55. The van der Waals surface area contributed by atoms with Gasteiger partial charge in [-0.1, -0.05) is 6.92 Å². The molecule has 0 amide bonds. The van der Waals surface area contributed by atoms with Gasteiger partial charge in [0.1, 0.15) is 0 Å². The molecular formula is C7H9Cl2Hf+. The molecule has 3 heteroatoms. The summed E-state index contributed by atoms with van der Waals surface area (Å²) in [5, 5.41) is 0. The second-order valence-electron chi connectivity index (χ2n) is 1.89. The summed E-state index contributed by atoms with van der Waals surface area (Å²) in [6, 6.07) is 0. The molecule has 0 atom stereocenters. The van der Waals surface area contributed by atoms with E-state index < -0.39 is 0 Å². The molecule has 0 unspecified atom stereocenters. The summed E-state index contributed by atoms with van der Waals surface area (Å²) in [7, 11) is 0. The average Bonchev–Trinajstić information content (AvgIpc) is 1.91. The van der Waals surface area contributed by atoms with Gasteiger partial charge in [-0.25, -0.2) is 11.1 Å². The van der Waals surface area contributed by atoms with Crippen molar-refractivity contribution in [3.63, 3.8) is 0 Å². The quantitative estimate of drug-likeness (QED) is 0.312. The minimum absolute atomic E-state index is 0. The summed E-state index contributed by atoms with van der Waals surface area (Å²) in [6.45, 7) is 4.22. The fourth-order valence-corrected chi connectivity index (χ4v) is 0.650. The van der Waals surface area contributed by atoms with Crippen molar-refractivity contribution in [2.24, 2.45) is 0 Å². The van der Waals surface area contributed by atoms with Gasteiger partial charge in [0.05, 0.1) is 0 Å². The van der Waals surface area contributed by atoms with Crippen LogP contribution < -0.4 is 24.8 Å². The van der Waals surface area contributed by atoms with Crippen LogP contribution in [0.3, 0.4) is 0 Å². The van der Waals surface area contributed by atoms with Crippen molar-refractivity contribution in [2.45, 2.75) is 20.3 Å². The van der Waals surface area contributed by atoms with Crippen LogP contribution in [-0.4, -0.2) is 0 Å². The van der Waals surface area contributed by atoms with Gasteiger partial charge in [-0.2, -0.15) is 6.08 Å². The summed E-state index contributed by atoms with van der Waals surface area (Å²) in [4.78, 5) is 0. The molecule has 1 aliphatic rings. The Kier molecular flexibility index (Phi) is 13.8. The van der Waals surface area contributed by atoms with Gasteiger partial charge in [0, 0.05) is 0 Å². The maximum atomic E-state index is 3.19. The molecule has 0 spiro atoms. The van der Waals surface area contributed by atoms with Crippen LogP contribution in [0.1, 0.15) is 20.3 Å². The minimum atomic E-state index is 0. The Hall–Kier alpha value is 0.930. The van der Waals surface area contributed by atoms with Crippen molar-refractivity contribution in [1.29, 1.82) is 0 Å². The molecule has 0 aromatic carbocycles. The first kappa shape index (κ1) is 17.1. The predicted octanol–water partition coefficient (Wildman–Crippen LogP) is -3.91. The van der Waals surface area contributed by atoms with Gasteiger partial charge in [0.2, 0.25) is 0 Å². The van der Waals surface area contributed by atoms with Gasteiger partial charge in [-0.15, -0.1) is 13.3 Å². The van der Waals surface area contributed by atoms with E-state index in [9.17, 15) is 0 Å². The second kappa shape index (κ2) is 8.03. The molecule has 54 valence electrons. The molecule has 0 saturated carbocycles. The monoisotopic (exact) mass is 343 g/mol. The molecule has 0 nitrogen and oxygen atoms in total. The van der Waals surface area contributed by atoms with Crippen molar-refractivity contribution in [3.8, 4) is 0 Å². The van der Waals surface area contributed by atoms with Crippen LogP contribution in [0.4, 0.5) is 0 Å². The molecule has 0 N–H and O–H groups in total. The van der Waals surface area contributed by atoms with Crippen molar-refractivity contribution in [3.05, 3.63) is 23.3 Å². The molecule has 1 rings (SSSR count). The van der Waals surface area contributed by atoms with Gasteiger partial charge >= 0.3 is 25.8 Å². The topological polar surface area (TPSA) is 0 Å². The molecule has 1 aliphatic carbocycles. The molecule has 0 heterocycles. The SMILES string of the molecule is CC1=[C-]CC=C1C.[Cl-].[Cl-].[Hf+4]. The smallest absolute Gasteiger partial charge is 1.00 e. The van der Waals surface area contributed by atoms with Gasteiger partial charge in [0.25, 0.3) is 0 Å². The molecule has 0 saturated heterocycles. The van der Waals surface area contributed by atoms with Crippen LogP contribution in [0.25, 0.3) is 0 Å². The van der Waals surface area contributed by atoms with Crippen LogP contribution in [0.2, 0.25) is 0 Å². The maximum Gasteiger partial charge on any atom is 4.00 e. The first-order valence-corrected chi connectivity index (χ1v) is 2.55. The summed E-state index contributed by atoms with van der Waals surface area (Å²) >= 11 is 0. The fourth-order valence-electron chi connectivity index (χ4n) is 0.650. The van der Waals surface area contributed by atoms with Crippen LogP contribution in [0.5, 0.6) is 0 Å². The molecular weight excluding hydrogens is 333 g/mol. The molecule has 0 aromatic rings. The molecule has 10 heavy (non-hydrogen) atoms. The number of allylic oxidation sites excluding steroid dienone is 4. The third-order valence-electron chi connectivity index (χ3n) is 1.37. The maximum absolute atomic E-state index is 3.19. The molecule has 0 radical (unpaired) electrons. The zero-order chi connectivity index (χ0) is 5.28. The first-order chi connectivity index (χ1) is 3.30. The standard InChI is InChI=1S/C7H9.2ClH.Hf/c1-6-4-3-5-7(6)2;;;/h4H,3H2,1-2H3;2*1H;/q-1;;;+4/p-2. The number of halogens is 2. The minimum Gasteiger partial charge on any atom is -1.00 e. The third-order valence-corrected chi connectivity index (χ3v) is 1.37. The largest absolute Gasteiger partial charge is 4.00 e. The van der Waals surface area contributed by atoms with E-state index in [1.807, 2.05) is 0 Å². The van der Waals surface area contributed by atoms with Gasteiger partial charge < -0.3 is 24.8 Å². The van der Waals surface area contributed by atoms with Gasteiger partial charge in [-0.05, 0) is 0 Å². The van der Waals surface area contributed by atoms with E-state index in [4.69, 9.17) is 0 Å². The number of hydrogen-bond donors (Lipinski definition) is 0. The normalized spacial score (nSPS) is 13.4. The van der Waals surface area contributed by atoms with E-state index in [1.165, 1.54) is 11.1 Å². The Labute approximate surface area is 93.8 Å².